The molecule has 0 saturated carbocycles. The number of aryl methyl sites for hydroxylation is 1. The predicted octanol–water partition coefficient (Wildman–Crippen LogP) is 1.33. The lowest BCUT2D eigenvalue weighted by Crippen LogP contribution is -2.34. The van der Waals surface area contributed by atoms with E-state index < -0.39 is 0 Å². The molecule has 2 heterocycles. The molecule has 0 spiro atoms. The minimum atomic E-state index is -0.0379. The van der Waals surface area contributed by atoms with Crippen molar-refractivity contribution in [2.75, 3.05) is 5.73 Å². The lowest BCUT2D eigenvalue weighted by atomic mass is 9.89. The summed E-state index contributed by atoms with van der Waals surface area (Å²) in [6, 6.07) is 1.62. The van der Waals surface area contributed by atoms with Crippen LogP contribution in [0.15, 0.2) is 12.3 Å². The maximum atomic E-state index is 12.4. The quantitative estimate of drug-likeness (QED) is 0.788. The summed E-state index contributed by atoms with van der Waals surface area (Å²) < 4.78 is 0. The molecule has 2 aromatic heterocycles. The van der Waals surface area contributed by atoms with Crippen LogP contribution in [0.3, 0.4) is 0 Å². The molecule has 1 atom stereocenters. The van der Waals surface area contributed by atoms with Crippen molar-refractivity contribution in [3.63, 3.8) is 0 Å². The van der Waals surface area contributed by atoms with Gasteiger partial charge in [-0.05, 0) is 18.9 Å². The zero-order chi connectivity index (χ0) is 16.4. The second-order valence-electron chi connectivity index (χ2n) is 6.26. The van der Waals surface area contributed by atoms with E-state index in [2.05, 4.69) is 39.1 Å². The fraction of sp³-hybridized carbons (Fsp3) is 0.500. The number of rotatable bonds is 4. The van der Waals surface area contributed by atoms with Gasteiger partial charge in [-0.2, -0.15) is 0 Å². The van der Waals surface area contributed by atoms with E-state index in [1.807, 2.05) is 0 Å². The zero-order valence-electron chi connectivity index (χ0n) is 13.5. The third-order valence-corrected chi connectivity index (χ3v) is 4.13. The van der Waals surface area contributed by atoms with Crippen LogP contribution in [0, 0.1) is 5.92 Å². The molecule has 1 amide bonds. The van der Waals surface area contributed by atoms with Crippen LogP contribution in [-0.4, -0.2) is 25.8 Å². The maximum Gasteiger partial charge on any atom is 0.223 e. The molecule has 0 bridgehead atoms. The molecule has 4 N–H and O–H groups in total. The van der Waals surface area contributed by atoms with E-state index in [-0.39, 0.29) is 11.8 Å². The molecular weight excluding hydrogens is 292 g/mol. The zero-order valence-corrected chi connectivity index (χ0v) is 13.5. The third-order valence-electron chi connectivity index (χ3n) is 4.13. The van der Waals surface area contributed by atoms with Crippen molar-refractivity contribution in [2.24, 2.45) is 5.92 Å². The number of carbonyl (C=O) groups excluding carboxylic acids is 1. The first-order valence-corrected chi connectivity index (χ1v) is 7.95. The van der Waals surface area contributed by atoms with Crippen molar-refractivity contribution in [2.45, 2.75) is 45.6 Å². The second-order valence-corrected chi connectivity index (χ2v) is 6.26. The average Bonchev–Trinajstić information content (AvgIpc) is 2.96. The number of hydrogen-bond acceptors (Lipinski definition) is 5. The Balaban J connectivity index is 1.60. The van der Waals surface area contributed by atoms with E-state index in [0.717, 1.165) is 30.1 Å². The molecule has 122 valence electrons. The summed E-state index contributed by atoms with van der Waals surface area (Å²) in [5, 5.41) is 2.90. The number of aromatic amines is 1. The number of hydrogen-bond donors (Lipinski definition) is 3. The summed E-state index contributed by atoms with van der Waals surface area (Å²) in [5.74, 6) is 2.30. The molecule has 0 saturated heterocycles. The largest absolute Gasteiger partial charge is 0.384 e. The number of H-pyrrole nitrogens is 1. The Morgan fingerprint density at radius 1 is 1.48 bits per heavy atom. The molecule has 1 aliphatic carbocycles. The lowest BCUT2D eigenvalue weighted by molar-refractivity contribution is -0.125. The van der Waals surface area contributed by atoms with E-state index in [1.54, 1.807) is 12.3 Å². The fourth-order valence-corrected chi connectivity index (χ4v) is 2.81. The normalized spacial score (nSPS) is 17.1. The summed E-state index contributed by atoms with van der Waals surface area (Å²) >= 11 is 0. The van der Waals surface area contributed by atoms with Gasteiger partial charge in [-0.25, -0.2) is 15.0 Å². The first kappa shape index (κ1) is 15.5. The molecule has 2 aromatic rings. The van der Waals surface area contributed by atoms with Gasteiger partial charge in [0.25, 0.3) is 0 Å². The first-order chi connectivity index (χ1) is 11.0. The first-order valence-electron chi connectivity index (χ1n) is 7.95. The Kier molecular flexibility index (Phi) is 4.27. The van der Waals surface area contributed by atoms with Crippen LogP contribution in [0.4, 0.5) is 5.82 Å². The number of nitrogens with zero attached hydrogens (tertiary/aromatic N) is 3. The van der Waals surface area contributed by atoms with Crippen molar-refractivity contribution in [1.29, 1.82) is 0 Å². The van der Waals surface area contributed by atoms with Crippen LogP contribution in [0.25, 0.3) is 0 Å². The highest BCUT2D eigenvalue weighted by Crippen LogP contribution is 2.26. The number of carbonyl (C=O) groups is 1. The molecule has 0 fully saturated rings. The van der Waals surface area contributed by atoms with E-state index in [1.165, 1.54) is 0 Å². The average molecular weight is 314 g/mol. The van der Waals surface area contributed by atoms with Gasteiger partial charge in [0.15, 0.2) is 0 Å². The maximum absolute atomic E-state index is 12.4. The predicted molar refractivity (Wildman–Crippen MR) is 86.5 cm³/mol. The van der Waals surface area contributed by atoms with Gasteiger partial charge in [0, 0.05) is 30.1 Å². The van der Waals surface area contributed by atoms with Crippen molar-refractivity contribution in [3.8, 4) is 0 Å². The number of aromatic nitrogens is 4. The smallest absolute Gasteiger partial charge is 0.223 e. The van der Waals surface area contributed by atoms with Crippen molar-refractivity contribution in [1.82, 2.24) is 25.3 Å². The van der Waals surface area contributed by atoms with Gasteiger partial charge in [-0.15, -0.1) is 0 Å². The monoisotopic (exact) mass is 314 g/mol. The highest BCUT2D eigenvalue weighted by Gasteiger charge is 2.27. The summed E-state index contributed by atoms with van der Waals surface area (Å²) in [5.41, 5.74) is 7.82. The fourth-order valence-electron chi connectivity index (χ4n) is 2.81. The minimum Gasteiger partial charge on any atom is -0.384 e. The standard InChI is InChI=1S/C16H22N6O/c1-9(2)15-20-11-4-3-10(7-12(11)21-15)16(23)19-8-14-18-6-5-13(17)22-14/h5-6,9-10H,3-4,7-8H2,1-2H3,(H,19,23)(H,20,21)(H2,17,18,22)/t10-/m1/s1. The van der Waals surface area contributed by atoms with Crippen LogP contribution in [0.1, 0.15) is 49.2 Å². The Hall–Kier alpha value is -2.44. The minimum absolute atomic E-state index is 0.0300. The molecular formula is C16H22N6O. The Bertz CT molecular complexity index is 708. The topological polar surface area (TPSA) is 110 Å². The van der Waals surface area contributed by atoms with Gasteiger partial charge >= 0.3 is 0 Å². The van der Waals surface area contributed by atoms with Crippen molar-refractivity contribution in [3.05, 3.63) is 35.3 Å². The highest BCUT2D eigenvalue weighted by molar-refractivity contribution is 5.79. The van der Waals surface area contributed by atoms with Crippen molar-refractivity contribution < 1.29 is 4.79 Å². The second kappa shape index (κ2) is 6.36. The summed E-state index contributed by atoms with van der Waals surface area (Å²) in [7, 11) is 0. The molecule has 23 heavy (non-hydrogen) atoms. The van der Waals surface area contributed by atoms with E-state index in [4.69, 9.17) is 5.73 Å². The molecule has 7 nitrogen and oxygen atoms in total. The van der Waals surface area contributed by atoms with Crippen LogP contribution >= 0.6 is 0 Å². The third kappa shape index (κ3) is 3.49. The number of fused-ring (bicyclic) bond motifs is 1. The number of nitrogens with two attached hydrogens (primary N) is 1. The summed E-state index contributed by atoms with van der Waals surface area (Å²) in [6.45, 7) is 4.52. The molecule has 0 aliphatic heterocycles. The lowest BCUT2D eigenvalue weighted by Gasteiger charge is -2.20. The Morgan fingerprint density at radius 2 is 2.30 bits per heavy atom. The molecule has 3 rings (SSSR count). The Morgan fingerprint density at radius 3 is 3.04 bits per heavy atom. The van der Waals surface area contributed by atoms with Crippen LogP contribution in [0.2, 0.25) is 0 Å². The van der Waals surface area contributed by atoms with Gasteiger partial charge in [0.05, 0.1) is 12.2 Å². The molecule has 0 unspecified atom stereocenters. The van der Waals surface area contributed by atoms with Crippen LogP contribution in [0.5, 0.6) is 0 Å². The van der Waals surface area contributed by atoms with Gasteiger partial charge in [-0.3, -0.25) is 4.79 Å². The van der Waals surface area contributed by atoms with Crippen LogP contribution in [-0.2, 0) is 24.2 Å². The van der Waals surface area contributed by atoms with E-state index >= 15 is 0 Å². The SMILES string of the molecule is CC(C)c1nc2c([nH]1)C[C@H](C(=O)NCc1nccc(N)n1)CC2. The molecule has 1 aliphatic rings. The summed E-state index contributed by atoms with van der Waals surface area (Å²) in [6.07, 6.45) is 3.96. The number of anilines is 1. The number of amides is 1. The number of nitrogen functional groups attached to an aromatic ring is 1. The van der Waals surface area contributed by atoms with E-state index in [0.29, 0.717) is 30.5 Å². The van der Waals surface area contributed by atoms with Crippen molar-refractivity contribution >= 4 is 11.7 Å². The summed E-state index contributed by atoms with van der Waals surface area (Å²) in [4.78, 5) is 28.5. The highest BCUT2D eigenvalue weighted by atomic mass is 16.1. The molecule has 7 heteroatoms. The van der Waals surface area contributed by atoms with Gasteiger partial charge in [-0.1, -0.05) is 13.8 Å². The number of imidazole rings is 1. The molecule has 0 radical (unpaired) electrons. The van der Waals surface area contributed by atoms with Crippen LogP contribution < -0.4 is 11.1 Å². The van der Waals surface area contributed by atoms with Gasteiger partial charge in [0.2, 0.25) is 5.91 Å². The van der Waals surface area contributed by atoms with E-state index in [9.17, 15) is 4.79 Å². The van der Waals surface area contributed by atoms with Gasteiger partial charge < -0.3 is 16.0 Å². The Labute approximate surface area is 135 Å². The molecule has 0 aromatic carbocycles. The number of nitrogens with one attached hydrogen (secondary N) is 2. The van der Waals surface area contributed by atoms with Gasteiger partial charge in [0.1, 0.15) is 17.5 Å².